The van der Waals surface area contributed by atoms with Crippen LogP contribution in [0.3, 0.4) is 0 Å². The average molecular weight is 240 g/mol. The summed E-state index contributed by atoms with van der Waals surface area (Å²) in [5, 5.41) is 2.17. The number of urea groups is 1. The zero-order valence-electron chi connectivity index (χ0n) is 7.04. The molecule has 15 heavy (non-hydrogen) atoms. The summed E-state index contributed by atoms with van der Waals surface area (Å²) in [6.45, 7) is 0. The molecule has 1 aromatic rings. The molecular weight excluding hydrogens is 230 g/mol. The molecule has 0 unspecified atom stereocenters. The molecule has 0 spiro atoms. The van der Waals surface area contributed by atoms with Crippen molar-refractivity contribution >= 4 is 54.2 Å². The fraction of sp³-hybridized carbons (Fsp3) is 0. The summed E-state index contributed by atoms with van der Waals surface area (Å²) in [6, 6.07) is 4.45. The number of nitrogens with two attached hydrogens (primary N) is 1. The second-order valence-electron chi connectivity index (χ2n) is 2.58. The number of hydrogen-bond donors (Lipinski definition) is 4. The molecule has 0 bridgehead atoms. The number of carbonyl (C=O) groups is 1. The fourth-order valence-corrected chi connectivity index (χ4v) is 1.42. The van der Waals surface area contributed by atoms with Crippen molar-refractivity contribution < 1.29 is 19.1 Å². The first-order valence-corrected chi connectivity index (χ1v) is 5.23. The van der Waals surface area contributed by atoms with Crippen LogP contribution in [0.1, 0.15) is 0 Å². The third kappa shape index (κ3) is 4.79. The molecule has 6 nitrogen and oxygen atoms in total. The van der Waals surface area contributed by atoms with Gasteiger partial charge in [0.25, 0.3) is 0 Å². The molecule has 0 atom stereocenters. The van der Waals surface area contributed by atoms with Gasteiger partial charge in [0.05, 0.1) is 5.30 Å². The van der Waals surface area contributed by atoms with Gasteiger partial charge in [-0.15, -0.1) is 0 Å². The van der Waals surface area contributed by atoms with E-state index in [1.807, 2.05) is 0 Å². The number of benzene rings is 1. The van der Waals surface area contributed by atoms with Crippen LogP contribution in [0.25, 0.3) is 0 Å². The number of amides is 2. The topological polar surface area (TPSA) is 113 Å². The first kappa shape index (κ1) is 14.6. The summed E-state index contributed by atoms with van der Waals surface area (Å²) in [5.41, 5.74) is 5.23. The van der Waals surface area contributed by atoms with Crippen LogP contribution >= 0.6 is 7.60 Å². The van der Waals surface area contributed by atoms with E-state index in [4.69, 9.17) is 15.5 Å². The zero-order chi connectivity index (χ0) is 10.8. The van der Waals surface area contributed by atoms with E-state index < -0.39 is 13.6 Å². The third-order valence-corrected chi connectivity index (χ3v) is 2.44. The van der Waals surface area contributed by atoms with Gasteiger partial charge in [-0.2, -0.15) is 0 Å². The van der Waals surface area contributed by atoms with E-state index in [1.54, 1.807) is 0 Å². The molecule has 78 valence electrons. The molecule has 8 heteroatoms. The van der Waals surface area contributed by atoms with Crippen molar-refractivity contribution in [3.63, 3.8) is 0 Å². The summed E-state index contributed by atoms with van der Waals surface area (Å²) in [6.07, 6.45) is 0. The van der Waals surface area contributed by atoms with Gasteiger partial charge >= 0.3 is 43.2 Å². The molecule has 0 aromatic heterocycles. The van der Waals surface area contributed by atoms with Crippen molar-refractivity contribution in [1.82, 2.24) is 0 Å². The molecule has 1 aromatic carbocycles. The van der Waals surface area contributed by atoms with E-state index in [1.165, 1.54) is 24.3 Å². The summed E-state index contributed by atoms with van der Waals surface area (Å²) in [4.78, 5) is 27.9. The normalized spacial score (nSPS) is 10.3. The van der Waals surface area contributed by atoms with E-state index in [2.05, 4.69) is 5.32 Å². The maximum atomic E-state index is 10.7. The van der Waals surface area contributed by atoms with Gasteiger partial charge in [-0.25, -0.2) is 4.79 Å². The van der Waals surface area contributed by atoms with Gasteiger partial charge in [0.1, 0.15) is 0 Å². The van der Waals surface area contributed by atoms with Crippen LogP contribution < -0.4 is 16.4 Å². The average Bonchev–Trinajstić information content (AvgIpc) is 2.02. The summed E-state index contributed by atoms with van der Waals surface area (Å²) >= 11 is 0. The second-order valence-corrected chi connectivity index (χ2v) is 4.18. The first-order chi connectivity index (χ1) is 6.39. The summed E-state index contributed by atoms with van der Waals surface area (Å²) < 4.78 is 10.7. The molecule has 0 fully saturated rings. The molecule has 0 heterocycles. The van der Waals surface area contributed by atoms with E-state index >= 15 is 0 Å². The van der Waals surface area contributed by atoms with Crippen molar-refractivity contribution in [1.29, 1.82) is 0 Å². The predicted molar refractivity (Wildman–Crippen MR) is 58.5 cm³/mol. The van der Waals surface area contributed by atoms with Crippen LogP contribution in [0, 0.1) is 0 Å². The van der Waals surface area contributed by atoms with E-state index in [0.717, 1.165) is 0 Å². The van der Waals surface area contributed by atoms with Gasteiger partial charge < -0.3 is 20.8 Å². The fourth-order valence-electron chi connectivity index (χ4n) is 0.881. The Labute approximate surface area is 108 Å². The van der Waals surface area contributed by atoms with Crippen LogP contribution in [0.15, 0.2) is 24.3 Å². The van der Waals surface area contributed by atoms with Crippen molar-refractivity contribution in [2.24, 2.45) is 5.73 Å². The van der Waals surface area contributed by atoms with E-state index in [0.29, 0.717) is 5.69 Å². The molecule has 0 aliphatic carbocycles. The number of primary amides is 1. The van der Waals surface area contributed by atoms with E-state index in [-0.39, 0.29) is 34.9 Å². The molecule has 2 amide bonds. The Bertz CT molecular complexity index is 388. The molecule has 0 aliphatic rings. The van der Waals surface area contributed by atoms with Crippen LogP contribution in [0.4, 0.5) is 10.5 Å². The number of anilines is 1. The first-order valence-electron chi connectivity index (χ1n) is 3.62. The van der Waals surface area contributed by atoms with Gasteiger partial charge in [0.15, 0.2) is 0 Å². The Hall–Kier alpha value is -0.360. The van der Waals surface area contributed by atoms with Gasteiger partial charge in [-0.3, -0.25) is 4.57 Å². The van der Waals surface area contributed by atoms with Crippen LogP contribution in [0.5, 0.6) is 0 Å². The van der Waals surface area contributed by atoms with Crippen molar-refractivity contribution in [2.45, 2.75) is 0 Å². The van der Waals surface area contributed by atoms with Gasteiger partial charge in [-0.1, -0.05) is 0 Å². The minimum atomic E-state index is -4.22. The molecule has 0 saturated carbocycles. The van der Waals surface area contributed by atoms with Crippen LogP contribution in [-0.2, 0) is 4.57 Å². The van der Waals surface area contributed by atoms with Gasteiger partial charge in [0.2, 0.25) is 0 Å². The molecule has 5 N–H and O–H groups in total. The molecule has 0 radical (unpaired) electrons. The van der Waals surface area contributed by atoms with Crippen LogP contribution in [-0.4, -0.2) is 45.4 Å². The van der Waals surface area contributed by atoms with Crippen molar-refractivity contribution in [3.8, 4) is 0 Å². The van der Waals surface area contributed by atoms with Gasteiger partial charge in [-0.05, 0) is 24.3 Å². The molecule has 0 aliphatic heterocycles. The number of rotatable bonds is 2. The van der Waals surface area contributed by atoms with Gasteiger partial charge in [0, 0.05) is 5.69 Å². The maximum absolute atomic E-state index is 10.7. The Balaban J connectivity index is 0.00000196. The number of carbonyl (C=O) groups excluding carboxylic acids is 1. The van der Waals surface area contributed by atoms with Crippen molar-refractivity contribution in [2.75, 3.05) is 5.32 Å². The van der Waals surface area contributed by atoms with Crippen LogP contribution in [0.2, 0.25) is 0 Å². The summed E-state index contributed by atoms with van der Waals surface area (Å²) in [7, 11) is -4.22. The third-order valence-electron chi connectivity index (χ3n) is 1.47. The van der Waals surface area contributed by atoms with Crippen molar-refractivity contribution in [3.05, 3.63) is 24.3 Å². The Morgan fingerprint density at radius 1 is 1.27 bits per heavy atom. The quantitative estimate of drug-likeness (QED) is 0.405. The monoisotopic (exact) mass is 240 g/mol. The Morgan fingerprint density at radius 3 is 2.07 bits per heavy atom. The standard InChI is InChI=1S/C7H9N2O4P.Na.H/c8-7(10)9-5-1-3-6(4-2-5)14(11,12)13;;/h1-4H,(H3,8,9,10)(H2,11,12,13);;. The minimum absolute atomic E-state index is 0. The number of nitrogens with one attached hydrogen (secondary N) is 1. The van der Waals surface area contributed by atoms with E-state index in [9.17, 15) is 9.36 Å². The predicted octanol–water partition coefficient (Wildman–Crippen LogP) is -0.668. The molecular formula is C7H10N2NaO4P. The number of hydrogen-bond acceptors (Lipinski definition) is 2. The molecule has 0 saturated heterocycles. The SMILES string of the molecule is NC(=O)Nc1ccc(P(=O)(O)O)cc1.[NaH]. The Kier molecular flexibility index (Phi) is 5.51. The Morgan fingerprint density at radius 2 is 1.73 bits per heavy atom. The zero-order valence-corrected chi connectivity index (χ0v) is 7.94. The molecule has 1 rings (SSSR count). The summed E-state index contributed by atoms with van der Waals surface area (Å²) in [5.74, 6) is 0. The second kappa shape index (κ2) is 5.65.